The molecule has 2 fully saturated rings. The van der Waals surface area contributed by atoms with Crippen LogP contribution in [0.25, 0.3) is 0 Å². The van der Waals surface area contributed by atoms with E-state index in [4.69, 9.17) is 9.47 Å². The van der Waals surface area contributed by atoms with Crippen molar-refractivity contribution >= 4 is 5.97 Å². The van der Waals surface area contributed by atoms with E-state index < -0.39 is 0 Å². The maximum Gasteiger partial charge on any atom is 0.311 e. The van der Waals surface area contributed by atoms with E-state index in [1.807, 2.05) is 6.92 Å². The molecule has 1 heterocycles. The molecular formula is C12H20O3. The molecule has 2 aliphatic rings. The predicted octanol–water partition coefficient (Wildman–Crippen LogP) is 2.20. The van der Waals surface area contributed by atoms with Gasteiger partial charge < -0.3 is 9.47 Å². The summed E-state index contributed by atoms with van der Waals surface area (Å²) >= 11 is 0. The molecule has 1 aliphatic heterocycles. The summed E-state index contributed by atoms with van der Waals surface area (Å²) in [6.45, 7) is 6.83. The quantitative estimate of drug-likeness (QED) is 0.658. The third-order valence-electron chi connectivity index (χ3n) is 3.97. The maximum atomic E-state index is 11.8. The molecule has 0 aromatic heterocycles. The van der Waals surface area contributed by atoms with Crippen LogP contribution in [0.2, 0.25) is 0 Å². The van der Waals surface area contributed by atoms with Gasteiger partial charge in [-0.1, -0.05) is 13.8 Å². The molecule has 2 rings (SSSR count). The monoisotopic (exact) mass is 212 g/mol. The lowest BCUT2D eigenvalue weighted by Gasteiger charge is -2.37. The van der Waals surface area contributed by atoms with Gasteiger partial charge in [0.2, 0.25) is 6.29 Å². The highest BCUT2D eigenvalue weighted by molar-refractivity contribution is 5.74. The van der Waals surface area contributed by atoms with Crippen molar-refractivity contribution in [1.29, 1.82) is 0 Å². The highest BCUT2D eigenvalue weighted by Gasteiger charge is 2.49. The van der Waals surface area contributed by atoms with Crippen LogP contribution in [-0.2, 0) is 14.3 Å². The van der Waals surface area contributed by atoms with Crippen LogP contribution >= 0.6 is 0 Å². The molecule has 0 amide bonds. The molecule has 0 aromatic carbocycles. The summed E-state index contributed by atoms with van der Waals surface area (Å²) in [5.41, 5.74) is 0. The van der Waals surface area contributed by atoms with E-state index in [-0.39, 0.29) is 18.2 Å². The second-order valence-electron chi connectivity index (χ2n) is 4.86. The molecule has 0 radical (unpaired) electrons. The highest BCUT2D eigenvalue weighted by Crippen LogP contribution is 2.46. The normalized spacial score (nSPS) is 45.0. The standard InChI is InChI=1S/C12H20O3/c1-4-14-12-8(3)9-6-5-7(2)10(9)11(13)15-12/h7-10,12H,4-6H2,1-3H3/t7-,8?,9+,10+,12?/m0/s1. The van der Waals surface area contributed by atoms with Crippen LogP contribution in [0, 0.1) is 23.7 Å². The molecule has 0 bridgehead atoms. The van der Waals surface area contributed by atoms with Crippen LogP contribution < -0.4 is 0 Å². The lowest BCUT2D eigenvalue weighted by atomic mass is 9.80. The smallest absolute Gasteiger partial charge is 0.311 e. The van der Waals surface area contributed by atoms with Gasteiger partial charge in [-0.25, -0.2) is 0 Å². The van der Waals surface area contributed by atoms with E-state index in [0.717, 1.165) is 12.8 Å². The van der Waals surface area contributed by atoms with Crippen LogP contribution in [-0.4, -0.2) is 18.9 Å². The third-order valence-corrected chi connectivity index (χ3v) is 3.97. The maximum absolute atomic E-state index is 11.8. The van der Waals surface area contributed by atoms with Gasteiger partial charge >= 0.3 is 5.97 Å². The van der Waals surface area contributed by atoms with Crippen molar-refractivity contribution in [3.05, 3.63) is 0 Å². The number of rotatable bonds is 2. The molecule has 0 aromatic rings. The van der Waals surface area contributed by atoms with Gasteiger partial charge in [0.25, 0.3) is 0 Å². The molecule has 5 atom stereocenters. The van der Waals surface area contributed by atoms with Crippen molar-refractivity contribution < 1.29 is 14.3 Å². The Balaban J connectivity index is 2.12. The van der Waals surface area contributed by atoms with Crippen molar-refractivity contribution in [3.8, 4) is 0 Å². The van der Waals surface area contributed by atoms with E-state index in [1.165, 1.54) is 0 Å². The van der Waals surface area contributed by atoms with Gasteiger partial charge in [-0.2, -0.15) is 0 Å². The van der Waals surface area contributed by atoms with Crippen molar-refractivity contribution in [2.75, 3.05) is 6.61 Å². The minimum absolute atomic E-state index is 0.0402. The van der Waals surface area contributed by atoms with Crippen LogP contribution in [0.4, 0.5) is 0 Å². The Labute approximate surface area is 91.1 Å². The summed E-state index contributed by atoms with van der Waals surface area (Å²) in [6, 6.07) is 0. The number of carbonyl (C=O) groups excluding carboxylic acids is 1. The Morgan fingerprint density at radius 2 is 2.13 bits per heavy atom. The lowest BCUT2D eigenvalue weighted by Crippen LogP contribution is -2.44. The Hall–Kier alpha value is -0.570. The summed E-state index contributed by atoms with van der Waals surface area (Å²) in [5, 5.41) is 0. The fraction of sp³-hybridized carbons (Fsp3) is 0.917. The zero-order chi connectivity index (χ0) is 11.0. The zero-order valence-electron chi connectivity index (χ0n) is 9.73. The molecule has 1 saturated heterocycles. The number of carbonyl (C=O) groups is 1. The number of esters is 1. The lowest BCUT2D eigenvalue weighted by molar-refractivity contribution is -0.218. The van der Waals surface area contributed by atoms with Crippen molar-refractivity contribution in [2.24, 2.45) is 23.7 Å². The van der Waals surface area contributed by atoms with E-state index in [1.54, 1.807) is 0 Å². The average Bonchev–Trinajstić information content (AvgIpc) is 2.57. The van der Waals surface area contributed by atoms with E-state index in [2.05, 4.69) is 13.8 Å². The molecule has 0 N–H and O–H groups in total. The Bertz CT molecular complexity index is 251. The van der Waals surface area contributed by atoms with Gasteiger partial charge in [0.15, 0.2) is 0 Å². The van der Waals surface area contributed by atoms with Gasteiger partial charge in [0.1, 0.15) is 0 Å². The average molecular weight is 212 g/mol. The third kappa shape index (κ3) is 1.78. The first-order valence-electron chi connectivity index (χ1n) is 5.97. The van der Waals surface area contributed by atoms with E-state index in [0.29, 0.717) is 24.4 Å². The number of fused-ring (bicyclic) bond motifs is 1. The molecule has 3 nitrogen and oxygen atoms in total. The van der Waals surface area contributed by atoms with Gasteiger partial charge in [0.05, 0.1) is 5.92 Å². The SMILES string of the molecule is CCOC1OC(=O)[C@H]2[C@H](CC[C@@H]2C)C1C. The Kier molecular flexibility index (Phi) is 3.01. The van der Waals surface area contributed by atoms with Crippen LogP contribution in [0.5, 0.6) is 0 Å². The molecule has 86 valence electrons. The number of cyclic esters (lactones) is 1. The summed E-state index contributed by atoms with van der Waals surface area (Å²) in [4.78, 5) is 11.8. The van der Waals surface area contributed by atoms with E-state index in [9.17, 15) is 4.79 Å². The fourth-order valence-electron chi connectivity index (χ4n) is 3.09. The van der Waals surface area contributed by atoms with Crippen LogP contribution in [0.15, 0.2) is 0 Å². The topological polar surface area (TPSA) is 35.5 Å². The minimum Gasteiger partial charge on any atom is -0.435 e. The molecule has 1 aliphatic carbocycles. The van der Waals surface area contributed by atoms with Gasteiger partial charge in [-0.05, 0) is 31.6 Å². The summed E-state index contributed by atoms with van der Waals surface area (Å²) in [7, 11) is 0. The molecular weight excluding hydrogens is 192 g/mol. The van der Waals surface area contributed by atoms with Crippen molar-refractivity contribution in [3.63, 3.8) is 0 Å². The van der Waals surface area contributed by atoms with E-state index >= 15 is 0 Å². The predicted molar refractivity (Wildman–Crippen MR) is 56.0 cm³/mol. The first-order valence-corrected chi connectivity index (χ1v) is 5.97. The van der Waals surface area contributed by atoms with Gasteiger partial charge in [0, 0.05) is 12.5 Å². The molecule has 3 heteroatoms. The van der Waals surface area contributed by atoms with Gasteiger partial charge in [-0.3, -0.25) is 4.79 Å². The Morgan fingerprint density at radius 3 is 2.80 bits per heavy atom. The first-order chi connectivity index (χ1) is 7.15. The first kappa shape index (κ1) is 10.9. The van der Waals surface area contributed by atoms with Crippen molar-refractivity contribution in [2.45, 2.75) is 39.9 Å². The number of hydrogen-bond donors (Lipinski definition) is 0. The highest BCUT2D eigenvalue weighted by atomic mass is 16.7. The number of hydrogen-bond acceptors (Lipinski definition) is 3. The minimum atomic E-state index is -0.311. The van der Waals surface area contributed by atoms with Gasteiger partial charge in [-0.15, -0.1) is 0 Å². The summed E-state index contributed by atoms with van der Waals surface area (Å²) < 4.78 is 10.8. The van der Waals surface area contributed by atoms with Crippen molar-refractivity contribution in [1.82, 2.24) is 0 Å². The Morgan fingerprint density at radius 1 is 1.40 bits per heavy atom. The molecule has 0 spiro atoms. The fourth-order valence-corrected chi connectivity index (χ4v) is 3.09. The van der Waals surface area contributed by atoms with Crippen LogP contribution in [0.3, 0.4) is 0 Å². The van der Waals surface area contributed by atoms with Crippen LogP contribution in [0.1, 0.15) is 33.6 Å². The molecule has 1 saturated carbocycles. The second-order valence-corrected chi connectivity index (χ2v) is 4.86. The summed E-state index contributed by atoms with van der Waals surface area (Å²) in [5.74, 6) is 1.38. The molecule has 15 heavy (non-hydrogen) atoms. The zero-order valence-corrected chi connectivity index (χ0v) is 9.73. The largest absolute Gasteiger partial charge is 0.435 e. The number of ether oxygens (including phenoxy) is 2. The summed E-state index contributed by atoms with van der Waals surface area (Å²) in [6.07, 6.45) is 1.98. The second kappa shape index (κ2) is 4.12. The molecule has 2 unspecified atom stereocenters.